The molecule has 0 spiro atoms. The molecule has 1 heterocycles. The molecule has 0 aliphatic carbocycles. The van der Waals surface area contributed by atoms with Crippen LogP contribution in [0.3, 0.4) is 0 Å². The molecule has 1 aromatic rings. The van der Waals surface area contributed by atoms with Gasteiger partial charge in [-0.1, -0.05) is 24.6 Å². The van der Waals surface area contributed by atoms with Gasteiger partial charge >= 0.3 is 0 Å². The molecule has 1 fully saturated rings. The third-order valence-corrected chi connectivity index (χ3v) is 4.70. The second-order valence-electron chi connectivity index (χ2n) is 4.88. The van der Waals surface area contributed by atoms with E-state index < -0.39 is 0 Å². The van der Waals surface area contributed by atoms with Gasteiger partial charge in [0.15, 0.2) is 0 Å². The molecule has 106 valence electrons. The van der Waals surface area contributed by atoms with Crippen LogP contribution in [0, 0.1) is 0 Å². The van der Waals surface area contributed by atoms with Crippen molar-refractivity contribution < 1.29 is 4.74 Å². The molecule has 1 atom stereocenters. The minimum atomic E-state index is 0.426. The zero-order valence-electron chi connectivity index (χ0n) is 11.5. The Kier molecular flexibility index (Phi) is 6.51. The monoisotopic (exact) mass is 299 g/mol. The van der Waals surface area contributed by atoms with Crippen LogP contribution >= 0.6 is 23.4 Å². The maximum atomic E-state index is 6.32. The van der Waals surface area contributed by atoms with Gasteiger partial charge < -0.3 is 10.1 Å². The summed E-state index contributed by atoms with van der Waals surface area (Å²) in [6.45, 7) is 4.97. The highest BCUT2D eigenvalue weighted by atomic mass is 35.5. The number of halogens is 1. The summed E-state index contributed by atoms with van der Waals surface area (Å²) in [5.41, 5.74) is 1.18. The molecule has 1 aliphatic heterocycles. The van der Waals surface area contributed by atoms with E-state index in [1.54, 1.807) is 0 Å². The van der Waals surface area contributed by atoms with Crippen molar-refractivity contribution in [2.24, 2.45) is 0 Å². The van der Waals surface area contributed by atoms with Gasteiger partial charge in [0, 0.05) is 28.8 Å². The first-order valence-corrected chi connectivity index (χ1v) is 8.39. The third-order valence-electron chi connectivity index (χ3n) is 3.23. The minimum absolute atomic E-state index is 0.426. The molecule has 0 aromatic heterocycles. The molecule has 0 bridgehead atoms. The molecule has 0 radical (unpaired) electrons. The van der Waals surface area contributed by atoms with Crippen LogP contribution in [0.2, 0.25) is 5.02 Å². The normalized spacial score (nSPS) is 18.9. The van der Waals surface area contributed by atoms with Crippen molar-refractivity contribution in [3.63, 3.8) is 0 Å². The molecule has 0 amide bonds. The van der Waals surface area contributed by atoms with Crippen molar-refractivity contribution in [2.75, 3.05) is 18.9 Å². The first-order chi connectivity index (χ1) is 9.29. The summed E-state index contributed by atoms with van der Waals surface area (Å²) in [4.78, 5) is 1.24. The average Bonchev–Trinajstić information content (AvgIpc) is 2.92. The third kappa shape index (κ3) is 4.99. The Morgan fingerprint density at radius 3 is 3.05 bits per heavy atom. The van der Waals surface area contributed by atoms with Crippen molar-refractivity contribution in [3.8, 4) is 0 Å². The van der Waals surface area contributed by atoms with Crippen LogP contribution in [0.4, 0.5) is 0 Å². The van der Waals surface area contributed by atoms with Crippen molar-refractivity contribution >= 4 is 23.4 Å². The Hall–Kier alpha value is -0.220. The second-order valence-corrected chi connectivity index (χ2v) is 6.38. The molecule has 0 saturated carbocycles. The van der Waals surface area contributed by atoms with Crippen LogP contribution in [0.1, 0.15) is 31.7 Å². The number of rotatable bonds is 7. The zero-order chi connectivity index (χ0) is 13.5. The maximum Gasteiger partial charge on any atom is 0.0669 e. The summed E-state index contributed by atoms with van der Waals surface area (Å²) < 4.78 is 5.63. The summed E-state index contributed by atoms with van der Waals surface area (Å²) >= 11 is 8.16. The average molecular weight is 300 g/mol. The minimum Gasteiger partial charge on any atom is -0.377 e. The molecule has 4 heteroatoms. The molecule has 1 saturated heterocycles. The number of benzene rings is 1. The van der Waals surface area contributed by atoms with Crippen LogP contribution < -0.4 is 5.32 Å². The van der Waals surface area contributed by atoms with Gasteiger partial charge in [-0.05, 0) is 43.5 Å². The van der Waals surface area contributed by atoms with Gasteiger partial charge in [0.1, 0.15) is 0 Å². The smallest absolute Gasteiger partial charge is 0.0669 e. The van der Waals surface area contributed by atoms with Crippen LogP contribution in [-0.2, 0) is 11.3 Å². The van der Waals surface area contributed by atoms with E-state index in [4.69, 9.17) is 16.3 Å². The van der Waals surface area contributed by atoms with Gasteiger partial charge in [0.05, 0.1) is 6.10 Å². The number of hydrogen-bond donors (Lipinski definition) is 1. The predicted octanol–water partition coefficient (Wildman–Crippen LogP) is 4.11. The summed E-state index contributed by atoms with van der Waals surface area (Å²) in [5.74, 6) is 1.03. The molecule has 1 aromatic carbocycles. The molecule has 2 rings (SSSR count). The van der Waals surface area contributed by atoms with Gasteiger partial charge in [-0.25, -0.2) is 0 Å². The van der Waals surface area contributed by atoms with Crippen molar-refractivity contribution in [2.45, 2.75) is 43.7 Å². The van der Waals surface area contributed by atoms with E-state index in [2.05, 4.69) is 30.4 Å². The SMILES string of the molecule is CCCNCc1ccc(SCC2CCCO2)cc1Cl. The van der Waals surface area contributed by atoms with E-state index in [1.165, 1.54) is 23.3 Å². The van der Waals surface area contributed by atoms with Gasteiger partial charge in [-0.2, -0.15) is 0 Å². The fourth-order valence-electron chi connectivity index (χ4n) is 2.13. The lowest BCUT2D eigenvalue weighted by atomic mass is 10.2. The van der Waals surface area contributed by atoms with Gasteiger partial charge in [0.2, 0.25) is 0 Å². The number of thioether (sulfide) groups is 1. The van der Waals surface area contributed by atoms with Crippen LogP contribution in [-0.4, -0.2) is 25.0 Å². The Bertz CT molecular complexity index is 394. The highest BCUT2D eigenvalue weighted by Crippen LogP contribution is 2.27. The first kappa shape index (κ1) is 15.2. The van der Waals surface area contributed by atoms with Crippen LogP contribution in [0.15, 0.2) is 23.1 Å². The quantitative estimate of drug-likeness (QED) is 0.605. The number of nitrogens with one attached hydrogen (secondary N) is 1. The zero-order valence-corrected chi connectivity index (χ0v) is 13.0. The summed E-state index contributed by atoms with van der Waals surface area (Å²) in [7, 11) is 0. The summed E-state index contributed by atoms with van der Waals surface area (Å²) in [6.07, 6.45) is 3.97. The van der Waals surface area contributed by atoms with E-state index >= 15 is 0 Å². The largest absolute Gasteiger partial charge is 0.377 e. The Balaban J connectivity index is 1.83. The Morgan fingerprint density at radius 2 is 2.37 bits per heavy atom. The molecule has 1 unspecified atom stereocenters. The number of hydrogen-bond acceptors (Lipinski definition) is 3. The first-order valence-electron chi connectivity index (χ1n) is 7.03. The van der Waals surface area contributed by atoms with Crippen LogP contribution in [0.5, 0.6) is 0 Å². The lowest BCUT2D eigenvalue weighted by Gasteiger charge is -2.10. The highest BCUT2D eigenvalue weighted by molar-refractivity contribution is 7.99. The standard InChI is InChI=1S/C15H22ClNOS/c1-2-7-17-10-12-5-6-14(9-15(12)16)19-11-13-4-3-8-18-13/h5-6,9,13,17H,2-4,7-8,10-11H2,1H3. The van der Waals surface area contributed by atoms with E-state index in [0.717, 1.165) is 36.9 Å². The summed E-state index contributed by atoms with van der Waals surface area (Å²) in [6, 6.07) is 6.36. The van der Waals surface area contributed by atoms with Crippen LogP contribution in [0.25, 0.3) is 0 Å². The summed E-state index contributed by atoms with van der Waals surface area (Å²) in [5, 5.41) is 4.24. The van der Waals surface area contributed by atoms with Gasteiger partial charge in [-0.15, -0.1) is 11.8 Å². The topological polar surface area (TPSA) is 21.3 Å². The van der Waals surface area contributed by atoms with E-state index in [1.807, 2.05) is 11.8 Å². The fraction of sp³-hybridized carbons (Fsp3) is 0.600. The van der Waals surface area contributed by atoms with E-state index in [9.17, 15) is 0 Å². The van der Waals surface area contributed by atoms with E-state index in [0.29, 0.717) is 6.10 Å². The predicted molar refractivity (Wildman–Crippen MR) is 83.1 cm³/mol. The van der Waals surface area contributed by atoms with Gasteiger partial charge in [0.25, 0.3) is 0 Å². The fourth-order valence-corrected chi connectivity index (χ4v) is 3.44. The molecule has 1 N–H and O–H groups in total. The lowest BCUT2D eigenvalue weighted by Crippen LogP contribution is -2.14. The molecule has 19 heavy (non-hydrogen) atoms. The van der Waals surface area contributed by atoms with Crippen molar-refractivity contribution in [1.29, 1.82) is 0 Å². The Labute approximate surface area is 125 Å². The second kappa shape index (κ2) is 8.15. The molecule has 1 aliphatic rings. The molecular weight excluding hydrogens is 278 g/mol. The van der Waals surface area contributed by atoms with E-state index in [-0.39, 0.29) is 0 Å². The number of ether oxygens (including phenoxy) is 1. The molecule has 2 nitrogen and oxygen atoms in total. The van der Waals surface area contributed by atoms with Crippen molar-refractivity contribution in [3.05, 3.63) is 28.8 Å². The van der Waals surface area contributed by atoms with Crippen molar-refractivity contribution in [1.82, 2.24) is 5.32 Å². The maximum absolute atomic E-state index is 6.32. The Morgan fingerprint density at radius 1 is 1.47 bits per heavy atom. The van der Waals surface area contributed by atoms with Gasteiger partial charge in [-0.3, -0.25) is 0 Å². The lowest BCUT2D eigenvalue weighted by molar-refractivity contribution is 0.129. The molecular formula is C15H22ClNOS. The highest BCUT2D eigenvalue weighted by Gasteiger charge is 2.15.